The molecule has 0 saturated carbocycles. The fourth-order valence-corrected chi connectivity index (χ4v) is 4.21. The first-order valence-electron chi connectivity index (χ1n) is 12.2. The van der Waals surface area contributed by atoms with Gasteiger partial charge in [-0.25, -0.2) is 0 Å². The summed E-state index contributed by atoms with van der Waals surface area (Å²) in [4.78, 5) is 15.0. The zero-order chi connectivity index (χ0) is 25.3. The van der Waals surface area contributed by atoms with Crippen molar-refractivity contribution < 1.29 is 24.1 Å². The summed E-state index contributed by atoms with van der Waals surface area (Å²) in [5.41, 5.74) is 2.60. The van der Waals surface area contributed by atoms with Gasteiger partial charge in [0.05, 0.1) is 7.11 Å². The van der Waals surface area contributed by atoms with E-state index < -0.39 is 0 Å². The van der Waals surface area contributed by atoms with Gasteiger partial charge in [0, 0.05) is 25.6 Å². The molecule has 188 valence electrons. The molecule has 1 aliphatic heterocycles. The van der Waals surface area contributed by atoms with E-state index in [-0.39, 0.29) is 24.1 Å². The fraction of sp³-hybridized carbons (Fsp3) is 0.300. The number of phenols is 1. The molecule has 0 amide bonds. The number of likely N-dealkylation sites (tertiary alicyclic amines) is 1. The maximum atomic E-state index is 12.6. The molecule has 0 radical (unpaired) electrons. The number of carbonyl (C=O) groups is 1. The Hall–Kier alpha value is -3.77. The normalized spacial score (nSPS) is 14.6. The lowest BCUT2D eigenvalue weighted by Crippen LogP contribution is -2.35. The zero-order valence-electron chi connectivity index (χ0n) is 20.9. The Balaban J connectivity index is 1.34. The van der Waals surface area contributed by atoms with E-state index in [4.69, 9.17) is 14.2 Å². The molecule has 0 atom stereocenters. The van der Waals surface area contributed by atoms with Crippen molar-refractivity contribution in [3.8, 4) is 23.0 Å². The molecule has 1 aliphatic rings. The smallest absolute Gasteiger partial charge is 0.160 e. The quantitative estimate of drug-likeness (QED) is 0.393. The van der Waals surface area contributed by atoms with Gasteiger partial charge in [0.15, 0.2) is 17.3 Å². The lowest BCUT2D eigenvalue weighted by atomic mass is 10.0. The van der Waals surface area contributed by atoms with Gasteiger partial charge in [0.2, 0.25) is 0 Å². The molecule has 1 saturated heterocycles. The second kappa shape index (κ2) is 12.3. The topological polar surface area (TPSA) is 68.2 Å². The van der Waals surface area contributed by atoms with Gasteiger partial charge in [-0.2, -0.15) is 0 Å². The molecule has 1 fully saturated rings. The highest BCUT2D eigenvalue weighted by atomic mass is 16.5. The highest BCUT2D eigenvalue weighted by molar-refractivity contribution is 5.95. The molecular weight excluding hydrogens is 454 g/mol. The maximum absolute atomic E-state index is 12.6. The van der Waals surface area contributed by atoms with Gasteiger partial charge in [-0.3, -0.25) is 4.79 Å². The van der Waals surface area contributed by atoms with Gasteiger partial charge in [0.1, 0.15) is 24.2 Å². The van der Waals surface area contributed by atoms with Crippen molar-refractivity contribution in [1.82, 2.24) is 4.90 Å². The van der Waals surface area contributed by atoms with E-state index in [2.05, 4.69) is 11.9 Å². The van der Waals surface area contributed by atoms with Crippen LogP contribution >= 0.6 is 0 Å². The summed E-state index contributed by atoms with van der Waals surface area (Å²) in [6, 6.07) is 20.6. The van der Waals surface area contributed by atoms with Gasteiger partial charge in [-0.15, -0.1) is 0 Å². The Labute approximate surface area is 212 Å². The molecule has 4 rings (SSSR count). The van der Waals surface area contributed by atoms with Crippen molar-refractivity contribution in [3.63, 3.8) is 0 Å². The second-order valence-corrected chi connectivity index (χ2v) is 9.06. The van der Waals surface area contributed by atoms with Crippen molar-refractivity contribution in [2.45, 2.75) is 32.0 Å². The van der Waals surface area contributed by atoms with Crippen LogP contribution in [0, 0.1) is 0 Å². The van der Waals surface area contributed by atoms with Gasteiger partial charge in [-0.1, -0.05) is 42.5 Å². The van der Waals surface area contributed by atoms with E-state index in [1.807, 2.05) is 48.5 Å². The molecule has 6 heteroatoms. The van der Waals surface area contributed by atoms with Crippen molar-refractivity contribution in [1.29, 1.82) is 0 Å². The summed E-state index contributed by atoms with van der Waals surface area (Å²) in [5.74, 6) is 1.95. The third-order valence-corrected chi connectivity index (χ3v) is 6.32. The number of methoxy groups -OCH3 is 1. The van der Waals surface area contributed by atoms with E-state index >= 15 is 0 Å². The number of allylic oxidation sites excluding steroid dienone is 1. The summed E-state index contributed by atoms with van der Waals surface area (Å²) in [6.07, 6.45) is 5.77. The third-order valence-electron chi connectivity index (χ3n) is 6.32. The molecule has 1 N–H and O–H groups in total. The average Bonchev–Trinajstić information content (AvgIpc) is 2.89. The van der Waals surface area contributed by atoms with Crippen molar-refractivity contribution in [2.24, 2.45) is 0 Å². The van der Waals surface area contributed by atoms with Crippen LogP contribution in [0.15, 0.2) is 72.8 Å². The number of benzene rings is 3. The summed E-state index contributed by atoms with van der Waals surface area (Å²) in [7, 11) is 3.63. The van der Waals surface area contributed by atoms with Crippen LogP contribution in [0.2, 0.25) is 0 Å². The number of ketones is 1. The monoisotopic (exact) mass is 487 g/mol. The van der Waals surface area contributed by atoms with Gasteiger partial charge < -0.3 is 24.2 Å². The van der Waals surface area contributed by atoms with Gasteiger partial charge in [0.25, 0.3) is 0 Å². The highest BCUT2D eigenvalue weighted by Crippen LogP contribution is 2.27. The first-order valence-corrected chi connectivity index (χ1v) is 12.2. The highest BCUT2D eigenvalue weighted by Gasteiger charge is 2.18. The molecule has 0 aromatic heterocycles. The molecule has 0 spiro atoms. The number of phenolic OH excluding ortho intramolecular Hbond substituents is 1. The lowest BCUT2D eigenvalue weighted by molar-refractivity contribution is -0.113. The third kappa shape index (κ3) is 7.12. The van der Waals surface area contributed by atoms with Crippen LogP contribution in [-0.4, -0.2) is 49.1 Å². The predicted octanol–water partition coefficient (Wildman–Crippen LogP) is 5.28. The Morgan fingerprint density at radius 2 is 1.75 bits per heavy atom. The Kier molecular flexibility index (Phi) is 8.63. The molecule has 3 aromatic carbocycles. The minimum atomic E-state index is -0.0358. The summed E-state index contributed by atoms with van der Waals surface area (Å²) in [6.45, 7) is 2.46. The van der Waals surface area contributed by atoms with Crippen LogP contribution in [0.25, 0.3) is 6.08 Å². The number of rotatable bonds is 10. The Morgan fingerprint density at radius 3 is 2.50 bits per heavy atom. The molecule has 36 heavy (non-hydrogen) atoms. The molecule has 0 aliphatic carbocycles. The number of ether oxygens (including phenoxy) is 3. The SMILES string of the molecule is COc1ccc(/C=C/C(=O)Cc2ccccc2COc2cccc(OC3CCN(C)CC3)c2)cc1O. The first-order chi connectivity index (χ1) is 17.5. The number of hydrogen-bond acceptors (Lipinski definition) is 6. The minimum Gasteiger partial charge on any atom is -0.504 e. The number of carbonyl (C=O) groups excluding carboxylic acids is 1. The van der Waals surface area contributed by atoms with E-state index in [0.29, 0.717) is 12.4 Å². The lowest BCUT2D eigenvalue weighted by Gasteiger charge is -2.29. The largest absolute Gasteiger partial charge is 0.504 e. The zero-order valence-corrected chi connectivity index (χ0v) is 20.9. The predicted molar refractivity (Wildman–Crippen MR) is 141 cm³/mol. The van der Waals surface area contributed by atoms with Gasteiger partial charge >= 0.3 is 0 Å². The molecule has 3 aromatic rings. The van der Waals surface area contributed by atoms with E-state index in [1.54, 1.807) is 24.3 Å². The standard InChI is InChI=1S/C30H33NO5/c1-31-16-14-26(15-17-31)36-28-9-5-8-27(20-28)35-21-24-7-4-3-6-23(24)19-25(32)12-10-22-11-13-30(34-2)29(33)18-22/h3-13,18,20,26,33H,14-17,19,21H2,1-2H3/b12-10+. The minimum absolute atomic E-state index is 0.0358. The van der Waals surface area contributed by atoms with Crippen LogP contribution in [-0.2, 0) is 17.8 Å². The molecule has 0 unspecified atom stereocenters. The van der Waals surface area contributed by atoms with Crippen LogP contribution in [0.3, 0.4) is 0 Å². The van der Waals surface area contributed by atoms with E-state index in [0.717, 1.165) is 54.1 Å². The molecular formula is C30H33NO5. The molecule has 1 heterocycles. The number of hydrogen-bond donors (Lipinski definition) is 1. The van der Waals surface area contributed by atoms with Crippen LogP contribution in [0.1, 0.15) is 29.5 Å². The Bertz CT molecular complexity index is 1200. The fourth-order valence-electron chi connectivity index (χ4n) is 4.21. The van der Waals surface area contributed by atoms with Gasteiger partial charge in [-0.05, 0) is 66.9 Å². The van der Waals surface area contributed by atoms with Crippen LogP contribution < -0.4 is 14.2 Å². The van der Waals surface area contributed by atoms with Crippen molar-refractivity contribution in [3.05, 3.63) is 89.5 Å². The van der Waals surface area contributed by atoms with Crippen molar-refractivity contribution in [2.75, 3.05) is 27.2 Å². The first kappa shape index (κ1) is 25.3. The Morgan fingerprint density at radius 1 is 1.00 bits per heavy atom. The number of piperidine rings is 1. The second-order valence-electron chi connectivity index (χ2n) is 9.06. The number of aromatic hydroxyl groups is 1. The molecule has 6 nitrogen and oxygen atoms in total. The van der Waals surface area contributed by atoms with Crippen molar-refractivity contribution >= 4 is 11.9 Å². The van der Waals surface area contributed by atoms with Crippen LogP contribution in [0.5, 0.6) is 23.0 Å². The summed E-state index contributed by atoms with van der Waals surface area (Å²) in [5, 5.41) is 9.92. The number of nitrogens with zero attached hydrogens (tertiary/aromatic N) is 1. The maximum Gasteiger partial charge on any atom is 0.160 e. The van der Waals surface area contributed by atoms with E-state index in [1.165, 1.54) is 13.2 Å². The average molecular weight is 488 g/mol. The summed E-state index contributed by atoms with van der Waals surface area (Å²) >= 11 is 0. The molecule has 0 bridgehead atoms. The summed E-state index contributed by atoms with van der Waals surface area (Å²) < 4.78 is 17.3. The van der Waals surface area contributed by atoms with E-state index in [9.17, 15) is 9.90 Å². The van der Waals surface area contributed by atoms with Crippen LogP contribution in [0.4, 0.5) is 0 Å².